The van der Waals surface area contributed by atoms with Crippen molar-refractivity contribution in [2.45, 2.75) is 25.7 Å². The van der Waals surface area contributed by atoms with Crippen LogP contribution < -0.4 is 14.8 Å². The molecule has 0 aliphatic carbocycles. The number of amides is 1. The standard InChI is InChI=1S/C14H17ClFNO2.C12H16FNO.C2H2Cl2O/c15-8-14(18)17-7-1-2-11(9-17)10-19-13-5-3-12(16)4-6-13;13-11-3-5-12(6-4-11)15-9-10-2-1-7-14-8-10;3-1-2(4)5/h3-6,11H,1-2,7-10H2;3-6,10,14H,1-2,7-9H2;1H2. The molecule has 0 bridgehead atoms. The lowest BCUT2D eigenvalue weighted by Gasteiger charge is -2.32. The van der Waals surface area contributed by atoms with Gasteiger partial charge in [0.05, 0.1) is 19.1 Å². The highest BCUT2D eigenvalue weighted by atomic mass is 35.5. The fourth-order valence-corrected chi connectivity index (χ4v) is 4.24. The quantitative estimate of drug-likeness (QED) is 0.300. The molecule has 2 aromatic rings. The van der Waals surface area contributed by atoms with E-state index in [2.05, 4.69) is 5.32 Å². The number of carbonyl (C=O) groups excluding carboxylic acids is 2. The van der Waals surface area contributed by atoms with Crippen LogP contribution in [0.15, 0.2) is 48.5 Å². The van der Waals surface area contributed by atoms with Crippen LogP contribution in [0, 0.1) is 23.5 Å². The molecule has 0 saturated carbocycles. The average molecular weight is 608 g/mol. The van der Waals surface area contributed by atoms with Gasteiger partial charge in [-0.3, -0.25) is 9.59 Å². The number of halogens is 5. The first-order chi connectivity index (χ1) is 18.8. The van der Waals surface area contributed by atoms with Gasteiger partial charge >= 0.3 is 0 Å². The smallest absolute Gasteiger partial charge is 0.237 e. The van der Waals surface area contributed by atoms with E-state index in [-0.39, 0.29) is 29.3 Å². The van der Waals surface area contributed by atoms with E-state index in [0.717, 1.165) is 44.8 Å². The zero-order valence-electron chi connectivity index (χ0n) is 21.7. The summed E-state index contributed by atoms with van der Waals surface area (Å²) in [6.45, 7) is 4.87. The van der Waals surface area contributed by atoms with Crippen LogP contribution >= 0.6 is 34.8 Å². The van der Waals surface area contributed by atoms with Crippen LogP contribution in [-0.2, 0) is 9.59 Å². The Morgan fingerprint density at radius 2 is 1.36 bits per heavy atom. The van der Waals surface area contributed by atoms with Crippen LogP contribution in [0.2, 0.25) is 0 Å². The van der Waals surface area contributed by atoms with Gasteiger partial charge in [0.15, 0.2) is 0 Å². The van der Waals surface area contributed by atoms with E-state index in [4.69, 9.17) is 44.3 Å². The van der Waals surface area contributed by atoms with E-state index in [0.29, 0.717) is 30.7 Å². The molecule has 2 unspecified atom stereocenters. The Labute approximate surface area is 243 Å². The van der Waals surface area contributed by atoms with E-state index < -0.39 is 5.24 Å². The lowest BCUT2D eigenvalue weighted by atomic mass is 9.99. The summed E-state index contributed by atoms with van der Waals surface area (Å²) in [7, 11) is 0. The number of nitrogens with zero attached hydrogens (tertiary/aromatic N) is 1. The van der Waals surface area contributed by atoms with Crippen molar-refractivity contribution in [3.63, 3.8) is 0 Å². The van der Waals surface area contributed by atoms with Crippen molar-refractivity contribution in [1.29, 1.82) is 0 Å². The van der Waals surface area contributed by atoms with Crippen molar-refractivity contribution in [3.05, 3.63) is 60.2 Å². The number of hydrogen-bond donors (Lipinski definition) is 1. The summed E-state index contributed by atoms with van der Waals surface area (Å²) >= 11 is 15.1. The zero-order chi connectivity index (χ0) is 28.5. The average Bonchev–Trinajstić information content (AvgIpc) is 2.97. The summed E-state index contributed by atoms with van der Waals surface area (Å²) in [5, 5.41) is 2.83. The molecular formula is C28H35Cl3F2N2O4. The van der Waals surface area contributed by atoms with Crippen LogP contribution in [0.5, 0.6) is 11.5 Å². The van der Waals surface area contributed by atoms with Crippen LogP contribution in [0.3, 0.4) is 0 Å². The van der Waals surface area contributed by atoms with Crippen molar-refractivity contribution in [2.75, 3.05) is 51.2 Å². The van der Waals surface area contributed by atoms with E-state index in [1.54, 1.807) is 29.2 Å². The SMILES string of the molecule is Fc1ccc(OCC2CCCNC2)cc1.O=C(CCl)N1CCCC(COc2ccc(F)cc2)C1.O=C(Cl)CCl. The number of benzene rings is 2. The highest BCUT2D eigenvalue weighted by molar-refractivity contribution is 6.67. The van der Waals surface area contributed by atoms with Crippen LogP contribution in [0.25, 0.3) is 0 Å². The van der Waals surface area contributed by atoms with Crippen LogP contribution in [0.4, 0.5) is 8.78 Å². The predicted octanol–water partition coefficient (Wildman–Crippen LogP) is 5.88. The van der Waals surface area contributed by atoms with Gasteiger partial charge in [0.1, 0.15) is 29.0 Å². The van der Waals surface area contributed by atoms with Crippen LogP contribution in [0.1, 0.15) is 25.7 Å². The topological polar surface area (TPSA) is 67.9 Å². The largest absolute Gasteiger partial charge is 0.493 e. The highest BCUT2D eigenvalue weighted by Crippen LogP contribution is 2.19. The molecule has 2 atom stereocenters. The second kappa shape index (κ2) is 19.0. The third kappa shape index (κ3) is 14.2. The molecule has 0 spiro atoms. The van der Waals surface area contributed by atoms with Gasteiger partial charge in [-0.1, -0.05) is 0 Å². The van der Waals surface area contributed by atoms with Crippen molar-refractivity contribution >= 4 is 46.0 Å². The number of likely N-dealkylation sites (tertiary alicyclic amines) is 1. The zero-order valence-corrected chi connectivity index (χ0v) is 24.0. The molecule has 2 heterocycles. The minimum Gasteiger partial charge on any atom is -0.493 e. The van der Waals surface area contributed by atoms with Gasteiger partial charge in [-0.15, -0.1) is 23.2 Å². The van der Waals surface area contributed by atoms with Gasteiger partial charge in [0.25, 0.3) is 0 Å². The van der Waals surface area contributed by atoms with Crippen molar-refractivity contribution in [1.82, 2.24) is 10.2 Å². The summed E-state index contributed by atoms with van der Waals surface area (Å²) < 4.78 is 36.6. The summed E-state index contributed by atoms with van der Waals surface area (Å²) in [5.74, 6) is 1.73. The number of rotatable bonds is 8. The first-order valence-electron chi connectivity index (χ1n) is 12.9. The number of alkyl halides is 2. The Morgan fingerprint density at radius 3 is 1.82 bits per heavy atom. The van der Waals surface area contributed by atoms with Crippen molar-refractivity contribution < 1.29 is 27.8 Å². The number of carbonyl (C=O) groups is 2. The Morgan fingerprint density at radius 1 is 0.846 bits per heavy atom. The fourth-order valence-electron chi connectivity index (χ4n) is 4.07. The van der Waals surface area contributed by atoms with Gasteiger partial charge in [-0.2, -0.15) is 0 Å². The Kier molecular flexibility index (Phi) is 16.1. The third-order valence-corrected chi connectivity index (χ3v) is 6.83. The first-order valence-corrected chi connectivity index (χ1v) is 14.3. The summed E-state index contributed by atoms with van der Waals surface area (Å²) in [5.41, 5.74) is 0. The monoisotopic (exact) mass is 606 g/mol. The molecule has 2 fully saturated rings. The maximum atomic E-state index is 12.7. The van der Waals surface area contributed by atoms with E-state index in [9.17, 15) is 18.4 Å². The normalized spacial score (nSPS) is 18.5. The van der Waals surface area contributed by atoms with Gasteiger partial charge < -0.3 is 19.7 Å². The molecule has 11 heteroatoms. The minimum atomic E-state index is -0.508. The maximum Gasteiger partial charge on any atom is 0.237 e. The molecule has 2 aliphatic rings. The lowest BCUT2D eigenvalue weighted by Crippen LogP contribution is -2.42. The molecule has 0 aromatic heterocycles. The van der Waals surface area contributed by atoms with Crippen molar-refractivity contribution in [3.8, 4) is 11.5 Å². The first kappa shape index (κ1) is 33.1. The molecule has 2 saturated heterocycles. The molecule has 2 aromatic carbocycles. The highest BCUT2D eigenvalue weighted by Gasteiger charge is 2.23. The molecule has 0 radical (unpaired) electrons. The van der Waals surface area contributed by atoms with E-state index >= 15 is 0 Å². The number of ether oxygens (including phenoxy) is 2. The van der Waals surface area contributed by atoms with Gasteiger partial charge in [-0.05, 0) is 92.4 Å². The number of hydrogen-bond acceptors (Lipinski definition) is 5. The molecular weight excluding hydrogens is 573 g/mol. The Bertz CT molecular complexity index is 978. The van der Waals surface area contributed by atoms with Crippen molar-refractivity contribution in [2.24, 2.45) is 11.8 Å². The van der Waals surface area contributed by atoms with E-state index in [1.165, 1.54) is 37.1 Å². The van der Waals surface area contributed by atoms with E-state index in [1.807, 2.05) is 0 Å². The van der Waals surface area contributed by atoms with Gasteiger partial charge in [0.2, 0.25) is 11.1 Å². The molecule has 1 amide bonds. The molecule has 1 N–H and O–H groups in total. The number of nitrogens with one attached hydrogen (secondary N) is 1. The molecule has 4 rings (SSSR count). The molecule has 6 nitrogen and oxygen atoms in total. The predicted molar refractivity (Wildman–Crippen MR) is 151 cm³/mol. The Hall–Kier alpha value is -2.13. The third-order valence-electron chi connectivity index (χ3n) is 6.09. The van der Waals surface area contributed by atoms with Gasteiger partial charge in [-0.25, -0.2) is 8.78 Å². The molecule has 216 valence electrons. The second-order valence-corrected chi connectivity index (χ2v) is 10.2. The lowest BCUT2D eigenvalue weighted by molar-refractivity contribution is -0.130. The summed E-state index contributed by atoms with van der Waals surface area (Å²) in [6.07, 6.45) is 4.44. The number of piperidine rings is 2. The van der Waals surface area contributed by atoms with Gasteiger partial charge in [0, 0.05) is 31.5 Å². The summed E-state index contributed by atoms with van der Waals surface area (Å²) in [4.78, 5) is 22.8. The van der Waals surface area contributed by atoms with Crippen LogP contribution in [-0.4, -0.2) is 67.2 Å². The molecule has 2 aliphatic heterocycles. The second-order valence-electron chi connectivity index (χ2n) is 9.21. The Balaban J connectivity index is 0.000000238. The maximum absolute atomic E-state index is 12.7. The minimum absolute atomic E-state index is 0.0202. The summed E-state index contributed by atoms with van der Waals surface area (Å²) in [6, 6.07) is 12.2. The fraction of sp³-hybridized carbons (Fsp3) is 0.500. The molecule has 39 heavy (non-hydrogen) atoms.